The Hall–Kier alpha value is -3.45. The summed E-state index contributed by atoms with van der Waals surface area (Å²) in [5.74, 6) is 4.04. The number of ketones is 1. The molecular weight excluding hydrogens is 1190 g/mol. The monoisotopic (exact) mass is 1270 g/mol. The summed E-state index contributed by atoms with van der Waals surface area (Å²) in [6.07, 6.45) is 8.43. The van der Waals surface area contributed by atoms with Gasteiger partial charge in [-0.15, -0.1) is 0 Å². The van der Waals surface area contributed by atoms with Crippen LogP contribution in [0, 0.1) is 0 Å². The maximum absolute atomic E-state index is 10.7. The summed E-state index contributed by atoms with van der Waals surface area (Å²) in [4.78, 5) is 18.8. The zero-order chi connectivity index (χ0) is 63.5. The van der Waals surface area contributed by atoms with Gasteiger partial charge < -0.3 is 32.8 Å². The first kappa shape index (κ1) is 74.6. The van der Waals surface area contributed by atoms with Crippen LogP contribution in [0.15, 0.2) is 87.7 Å². The van der Waals surface area contributed by atoms with E-state index in [-0.39, 0.29) is 27.4 Å². The number of carbonyl (C=O) groups is 1. The van der Waals surface area contributed by atoms with Gasteiger partial charge in [0.2, 0.25) is 19.6 Å². The van der Waals surface area contributed by atoms with E-state index in [0.717, 1.165) is 68.3 Å². The van der Waals surface area contributed by atoms with E-state index < -0.39 is 53.0 Å². The van der Waals surface area contributed by atoms with E-state index in [0.29, 0.717) is 26.4 Å². The van der Waals surface area contributed by atoms with Crippen molar-refractivity contribution >= 4 is 71.3 Å². The van der Waals surface area contributed by atoms with Crippen LogP contribution in [0.5, 0.6) is 23.0 Å². The lowest BCUT2D eigenvalue weighted by atomic mass is 9.87. The highest BCUT2D eigenvalue weighted by Crippen LogP contribution is 2.54. The molecule has 1 aliphatic heterocycles. The number of rotatable bonds is 12. The summed E-state index contributed by atoms with van der Waals surface area (Å²) in [5, 5.41) is 0. The van der Waals surface area contributed by atoms with E-state index in [1.165, 1.54) is 55.7 Å². The predicted molar refractivity (Wildman–Crippen MR) is 319 cm³/mol. The first-order chi connectivity index (χ1) is 37.2. The van der Waals surface area contributed by atoms with Crippen molar-refractivity contribution in [3.8, 4) is 23.0 Å². The van der Waals surface area contributed by atoms with Gasteiger partial charge in [0, 0.05) is 24.3 Å². The van der Waals surface area contributed by atoms with Crippen LogP contribution in [0.2, 0.25) is 0 Å². The molecule has 0 N–H and O–H groups in total. The smallest absolute Gasteiger partial charge is 0.485 e. The number of alkyl halides is 6. The number of halogens is 6. The van der Waals surface area contributed by atoms with Crippen molar-refractivity contribution in [2.24, 2.45) is 0 Å². The Balaban J connectivity index is 0.000000976. The Morgan fingerprint density at radius 2 is 0.585 bits per heavy atom. The minimum atomic E-state index is -6.09. The van der Waals surface area contributed by atoms with Gasteiger partial charge in [-0.2, -0.15) is 26.3 Å². The Bertz CT molecular complexity index is 2670. The molecular formula is C59H84F6O11S6. The Morgan fingerprint density at radius 1 is 0.427 bits per heavy atom. The quantitative estimate of drug-likeness (QED) is 0.0569. The third kappa shape index (κ3) is 21.5. The molecule has 0 aliphatic carbocycles. The summed E-state index contributed by atoms with van der Waals surface area (Å²) < 4.78 is 146. The van der Waals surface area contributed by atoms with Gasteiger partial charge in [-0.3, -0.25) is 0 Å². The third-order valence-electron chi connectivity index (χ3n) is 11.7. The zero-order valence-corrected chi connectivity index (χ0v) is 55.9. The van der Waals surface area contributed by atoms with Crippen LogP contribution in [0.4, 0.5) is 26.3 Å². The molecule has 0 aromatic heterocycles. The fourth-order valence-electron chi connectivity index (χ4n) is 7.11. The molecule has 0 saturated carbocycles. The van der Waals surface area contributed by atoms with Crippen molar-refractivity contribution in [3.05, 3.63) is 70.8 Å². The molecule has 0 amide bonds. The van der Waals surface area contributed by atoms with Crippen LogP contribution in [-0.2, 0) is 68.5 Å². The first-order valence-electron chi connectivity index (χ1n) is 26.6. The third-order valence-corrected chi connectivity index (χ3v) is 18.8. The van der Waals surface area contributed by atoms with Crippen LogP contribution >= 0.6 is 23.5 Å². The Morgan fingerprint density at radius 3 is 0.707 bits per heavy atom. The van der Waals surface area contributed by atoms with Crippen LogP contribution in [0.3, 0.4) is 0 Å². The van der Waals surface area contributed by atoms with Crippen LogP contribution in [0.1, 0.15) is 173 Å². The zero-order valence-electron chi connectivity index (χ0n) is 51.0. The predicted octanol–water partition coefficient (Wildman–Crippen LogP) is 16.7. The molecule has 23 heteroatoms. The molecule has 5 rings (SSSR count). The highest BCUT2D eigenvalue weighted by molar-refractivity contribution is 8.00. The fraction of sp³-hybridized carbons (Fsp3) is 0.576. The Kier molecular flexibility index (Phi) is 27.1. The van der Waals surface area contributed by atoms with E-state index in [1.807, 2.05) is 23.5 Å². The summed E-state index contributed by atoms with van der Waals surface area (Å²) in [5.41, 5.74) is -6.55. The minimum absolute atomic E-state index is 0.105. The number of hydrogen-bond acceptors (Lipinski definition) is 13. The van der Waals surface area contributed by atoms with Gasteiger partial charge in [-0.1, -0.05) is 134 Å². The fourth-order valence-corrected chi connectivity index (χ4v) is 13.1. The number of ether oxygens (including phenoxy) is 4. The molecule has 0 spiro atoms. The molecule has 0 fully saturated rings. The normalized spacial score (nSPS) is 15.1. The molecule has 4 aromatic rings. The number of hydrogen-bond donors (Lipinski definition) is 0. The molecule has 11 nitrogen and oxygen atoms in total. The van der Waals surface area contributed by atoms with E-state index >= 15 is 0 Å². The molecule has 82 heavy (non-hydrogen) atoms. The molecule has 0 unspecified atom stereocenters. The lowest BCUT2D eigenvalue weighted by Crippen LogP contribution is -2.21. The molecule has 1 aliphatic rings. The maximum atomic E-state index is 10.7. The molecule has 0 atom stereocenters. The number of fused-ring (bicyclic) bond motifs is 8. The van der Waals surface area contributed by atoms with E-state index in [1.54, 1.807) is 0 Å². The second-order valence-electron chi connectivity index (χ2n) is 23.5. The maximum Gasteiger partial charge on any atom is 0.485 e. The van der Waals surface area contributed by atoms with Gasteiger partial charge in [0.15, 0.2) is 43.2 Å². The lowest BCUT2D eigenvalue weighted by molar-refractivity contribution is -0.115. The molecule has 8 bridgehead atoms. The van der Waals surface area contributed by atoms with Crippen molar-refractivity contribution in [1.29, 1.82) is 0 Å². The number of benzene rings is 4. The van der Waals surface area contributed by atoms with Gasteiger partial charge in [0.05, 0.1) is 67.8 Å². The summed E-state index contributed by atoms with van der Waals surface area (Å²) in [6.45, 7) is 42.3. The van der Waals surface area contributed by atoms with Gasteiger partial charge in [-0.25, -0.2) is 16.8 Å². The van der Waals surface area contributed by atoms with Gasteiger partial charge in [-0.05, 0) is 108 Å². The first-order valence-corrected chi connectivity index (χ1v) is 34.3. The van der Waals surface area contributed by atoms with E-state index in [9.17, 15) is 31.1 Å². The van der Waals surface area contributed by atoms with Crippen molar-refractivity contribution in [2.45, 2.75) is 222 Å². The van der Waals surface area contributed by atoms with Gasteiger partial charge in [0.1, 0.15) is 18.3 Å². The average molecular weight is 1280 g/mol. The van der Waals surface area contributed by atoms with Gasteiger partial charge in [0.25, 0.3) is 0 Å². The van der Waals surface area contributed by atoms with Crippen LogP contribution in [0.25, 0.3) is 0 Å². The highest BCUT2D eigenvalue weighted by atomic mass is 32.2. The summed E-state index contributed by atoms with van der Waals surface area (Å²) in [7, 11) is -13.1. The van der Waals surface area contributed by atoms with Gasteiger partial charge >= 0.3 is 11.0 Å². The topological polar surface area (TPSA) is 168 Å². The van der Waals surface area contributed by atoms with Crippen LogP contribution < -0.4 is 18.9 Å². The van der Waals surface area contributed by atoms with Crippen molar-refractivity contribution in [2.75, 3.05) is 38.9 Å². The molecule has 4 aromatic carbocycles. The standard InChI is InChI=1S/C54H78O4S4.C3H6O.2CHF3O3S/c1-19-23-55-47-39-27-35(51(5,6)7)31-43(47)61(17)44-32-37(53(11,12)13)29-41(49(44)57-25-21-3)60-42-30-38(54(14,15)16)34-46(50(42)58-26-22-4)62(18)45-33-36(52(8,9)10)28-40(59-39)48(45)56-24-20-2;1-3(2)4;2*2-1(3,4)8(5,6)7/h27-34H,19-26H2,1-18H3;1-2H3;2*(H,5,6,7)/q+2;;;/p-2. The molecule has 0 saturated heterocycles. The van der Waals surface area contributed by atoms with E-state index in [2.05, 4.69) is 172 Å². The SMILES string of the molecule is CC(C)=O.CCCOc1c2cc(C(C)(C)C)cc1[S+](C)c1cc(C(C)(C)C)cc(c1OCCC)Sc1cc(C(C)(C)C)cc(c1OCCC)[S+](C)c1cc(C(C)(C)C)cc(c1OCCC)S2.O=S(=O)([O-])C(F)(F)F.O=S(=O)([O-])C(F)(F)F. The van der Waals surface area contributed by atoms with Crippen molar-refractivity contribution in [3.63, 3.8) is 0 Å². The highest BCUT2D eigenvalue weighted by Gasteiger charge is 2.41. The number of Topliss-reactive ketones (excluding diaryl/α,β-unsaturated/α-hetero) is 1. The largest absolute Gasteiger partial charge is 0.741 e. The summed E-state index contributed by atoms with van der Waals surface area (Å²) >= 11 is 3.63. The summed E-state index contributed by atoms with van der Waals surface area (Å²) in [6, 6.07) is 19.3. The second kappa shape index (κ2) is 29.8. The minimum Gasteiger partial charge on any atom is -0.741 e. The number of carbonyl (C=O) groups excluding carboxylic acids is 1. The molecule has 1 heterocycles. The van der Waals surface area contributed by atoms with Crippen molar-refractivity contribution < 1.29 is 76.0 Å². The Labute approximate surface area is 499 Å². The lowest BCUT2D eigenvalue weighted by Gasteiger charge is -2.27. The van der Waals surface area contributed by atoms with E-state index in [4.69, 9.17) is 44.9 Å². The molecule has 464 valence electrons. The second-order valence-corrected chi connectivity index (χ2v) is 32.2. The molecule has 0 radical (unpaired) electrons. The van der Waals surface area contributed by atoms with Crippen molar-refractivity contribution in [1.82, 2.24) is 0 Å². The van der Waals surface area contributed by atoms with Crippen LogP contribution in [-0.4, -0.2) is 81.7 Å². The average Bonchev–Trinajstić information content (AvgIpc) is 3.01.